The van der Waals surface area contributed by atoms with Gasteiger partial charge in [0.1, 0.15) is 11.5 Å². The number of nitrogen functional groups attached to an aromatic ring is 1. The highest BCUT2D eigenvalue weighted by Crippen LogP contribution is 2.25. The second-order valence-corrected chi connectivity index (χ2v) is 3.91. The molecule has 0 spiro atoms. The number of hydrogen-bond donors (Lipinski definition) is 2. The number of aryl methyl sites for hydroxylation is 1. The molecule has 3 N–H and O–H groups in total. The molecular formula is C12H22N4O. The zero-order chi connectivity index (χ0) is 12.7. The largest absolute Gasteiger partial charge is 0.476 e. The molecule has 0 amide bonds. The first-order valence-electron chi connectivity index (χ1n) is 6.19. The van der Waals surface area contributed by atoms with E-state index in [-0.39, 0.29) is 0 Å². The molecule has 0 aliphatic rings. The first-order chi connectivity index (χ1) is 8.19. The van der Waals surface area contributed by atoms with E-state index in [9.17, 15) is 0 Å². The van der Waals surface area contributed by atoms with E-state index in [0.29, 0.717) is 29.8 Å². The first kappa shape index (κ1) is 13.5. The predicted octanol–water partition coefficient (Wildman–Crippen LogP) is 2.37. The van der Waals surface area contributed by atoms with E-state index in [1.165, 1.54) is 12.8 Å². The van der Waals surface area contributed by atoms with Gasteiger partial charge in [-0.05, 0) is 20.3 Å². The highest BCUT2D eigenvalue weighted by molar-refractivity contribution is 5.66. The lowest BCUT2D eigenvalue weighted by Gasteiger charge is -2.12. The van der Waals surface area contributed by atoms with Crippen LogP contribution in [0, 0.1) is 6.92 Å². The van der Waals surface area contributed by atoms with E-state index < -0.39 is 0 Å². The van der Waals surface area contributed by atoms with Crippen molar-refractivity contribution < 1.29 is 4.74 Å². The van der Waals surface area contributed by atoms with Crippen molar-refractivity contribution in [2.24, 2.45) is 0 Å². The predicted molar refractivity (Wildman–Crippen MR) is 70.4 cm³/mol. The normalized spacial score (nSPS) is 10.3. The molecule has 1 aromatic rings. The first-order valence-corrected chi connectivity index (χ1v) is 6.19. The molecule has 17 heavy (non-hydrogen) atoms. The van der Waals surface area contributed by atoms with Crippen LogP contribution in [0.3, 0.4) is 0 Å². The lowest BCUT2D eigenvalue weighted by atomic mass is 10.2. The number of nitrogens with zero attached hydrogens (tertiary/aromatic N) is 2. The van der Waals surface area contributed by atoms with Crippen LogP contribution in [-0.2, 0) is 0 Å². The number of ether oxygens (including phenoxy) is 1. The van der Waals surface area contributed by atoms with Gasteiger partial charge in [0.25, 0.3) is 0 Å². The molecule has 96 valence electrons. The Labute approximate surface area is 103 Å². The van der Waals surface area contributed by atoms with Crippen molar-refractivity contribution in [2.75, 3.05) is 24.2 Å². The second kappa shape index (κ2) is 6.93. The summed E-state index contributed by atoms with van der Waals surface area (Å²) in [6.45, 7) is 7.34. The van der Waals surface area contributed by atoms with Crippen LogP contribution in [0.4, 0.5) is 11.5 Å². The minimum atomic E-state index is 0.470. The number of anilines is 2. The van der Waals surface area contributed by atoms with Crippen LogP contribution < -0.4 is 15.8 Å². The average molecular weight is 238 g/mol. The van der Waals surface area contributed by atoms with Crippen LogP contribution in [-0.4, -0.2) is 23.1 Å². The fourth-order valence-corrected chi connectivity index (χ4v) is 1.52. The van der Waals surface area contributed by atoms with Crippen LogP contribution in [0.25, 0.3) is 0 Å². The van der Waals surface area contributed by atoms with Gasteiger partial charge in [-0.15, -0.1) is 0 Å². The maximum atomic E-state index is 5.94. The molecule has 0 atom stereocenters. The fraction of sp³-hybridized carbons (Fsp3) is 0.667. The Kier molecular flexibility index (Phi) is 5.52. The molecule has 0 aliphatic carbocycles. The van der Waals surface area contributed by atoms with Gasteiger partial charge in [0.2, 0.25) is 5.88 Å². The smallest absolute Gasteiger partial charge is 0.242 e. The molecule has 1 heterocycles. The molecule has 0 radical (unpaired) electrons. The van der Waals surface area contributed by atoms with Gasteiger partial charge in [0.15, 0.2) is 5.82 Å². The lowest BCUT2D eigenvalue weighted by Crippen LogP contribution is -2.10. The molecule has 0 saturated carbocycles. The summed E-state index contributed by atoms with van der Waals surface area (Å²) >= 11 is 0. The van der Waals surface area contributed by atoms with Crippen LogP contribution in [0.2, 0.25) is 0 Å². The van der Waals surface area contributed by atoms with E-state index in [0.717, 1.165) is 13.0 Å². The van der Waals surface area contributed by atoms with E-state index >= 15 is 0 Å². The summed E-state index contributed by atoms with van der Waals surface area (Å²) in [5.41, 5.74) is 6.43. The van der Waals surface area contributed by atoms with E-state index in [1.54, 1.807) is 0 Å². The Morgan fingerprint density at radius 2 is 2.00 bits per heavy atom. The van der Waals surface area contributed by atoms with Crippen LogP contribution >= 0.6 is 0 Å². The fourth-order valence-electron chi connectivity index (χ4n) is 1.52. The zero-order valence-corrected chi connectivity index (χ0v) is 10.9. The van der Waals surface area contributed by atoms with Gasteiger partial charge in [0.05, 0.1) is 6.61 Å². The molecule has 0 bridgehead atoms. The van der Waals surface area contributed by atoms with Gasteiger partial charge < -0.3 is 15.8 Å². The summed E-state index contributed by atoms with van der Waals surface area (Å²) < 4.78 is 5.37. The number of unbranched alkanes of at least 4 members (excludes halogenated alkanes) is 2. The second-order valence-electron chi connectivity index (χ2n) is 3.91. The number of nitrogens with two attached hydrogens (primary N) is 1. The standard InChI is InChI=1S/C12H22N4O/c1-4-6-7-8-14-11-10(13)12(17-5-2)16-9(3)15-11/h4-8,13H2,1-3H3,(H,14,15,16). The van der Waals surface area contributed by atoms with Crippen molar-refractivity contribution in [1.29, 1.82) is 0 Å². The summed E-state index contributed by atoms with van der Waals surface area (Å²) in [6, 6.07) is 0. The highest BCUT2D eigenvalue weighted by Gasteiger charge is 2.10. The maximum absolute atomic E-state index is 5.94. The Morgan fingerprint density at radius 1 is 1.24 bits per heavy atom. The summed E-state index contributed by atoms with van der Waals surface area (Å²) in [5, 5.41) is 3.23. The van der Waals surface area contributed by atoms with Gasteiger partial charge in [-0.2, -0.15) is 4.98 Å². The third-order valence-corrected chi connectivity index (χ3v) is 2.38. The van der Waals surface area contributed by atoms with Gasteiger partial charge in [0, 0.05) is 6.54 Å². The van der Waals surface area contributed by atoms with Gasteiger partial charge in [-0.3, -0.25) is 0 Å². The topological polar surface area (TPSA) is 73.1 Å². The van der Waals surface area contributed by atoms with Crippen molar-refractivity contribution in [3.8, 4) is 5.88 Å². The van der Waals surface area contributed by atoms with Crippen molar-refractivity contribution in [3.63, 3.8) is 0 Å². The monoisotopic (exact) mass is 238 g/mol. The quantitative estimate of drug-likeness (QED) is 0.713. The van der Waals surface area contributed by atoms with Crippen molar-refractivity contribution >= 4 is 11.5 Å². The molecule has 5 heteroatoms. The lowest BCUT2D eigenvalue weighted by molar-refractivity contribution is 0.327. The minimum Gasteiger partial charge on any atom is -0.476 e. The molecule has 0 aliphatic heterocycles. The Morgan fingerprint density at radius 3 is 2.65 bits per heavy atom. The Bertz CT molecular complexity index is 355. The van der Waals surface area contributed by atoms with Gasteiger partial charge in [-0.1, -0.05) is 19.8 Å². The Hall–Kier alpha value is -1.52. The summed E-state index contributed by atoms with van der Waals surface area (Å²) in [6.07, 6.45) is 3.52. The number of rotatable bonds is 7. The van der Waals surface area contributed by atoms with Crippen molar-refractivity contribution in [3.05, 3.63) is 5.82 Å². The van der Waals surface area contributed by atoms with Gasteiger partial charge in [-0.25, -0.2) is 4.98 Å². The van der Waals surface area contributed by atoms with Crippen LogP contribution in [0.1, 0.15) is 38.9 Å². The number of nitrogens with one attached hydrogen (secondary N) is 1. The molecule has 5 nitrogen and oxygen atoms in total. The SMILES string of the molecule is CCCCCNc1nc(C)nc(OCC)c1N. The molecule has 0 fully saturated rings. The van der Waals surface area contributed by atoms with E-state index in [2.05, 4.69) is 22.2 Å². The summed E-state index contributed by atoms with van der Waals surface area (Å²) in [5.74, 6) is 1.82. The third kappa shape index (κ3) is 4.09. The number of aromatic nitrogens is 2. The molecule has 1 rings (SSSR count). The molecule has 0 aromatic carbocycles. The summed E-state index contributed by atoms with van der Waals surface area (Å²) in [7, 11) is 0. The van der Waals surface area contributed by atoms with Crippen molar-refractivity contribution in [1.82, 2.24) is 9.97 Å². The average Bonchev–Trinajstić information content (AvgIpc) is 2.30. The Balaban J connectivity index is 2.69. The van der Waals surface area contributed by atoms with Gasteiger partial charge >= 0.3 is 0 Å². The van der Waals surface area contributed by atoms with Crippen molar-refractivity contribution in [2.45, 2.75) is 40.0 Å². The molecule has 0 saturated heterocycles. The molecule has 1 aromatic heterocycles. The van der Waals surface area contributed by atoms with E-state index in [1.807, 2.05) is 13.8 Å². The molecular weight excluding hydrogens is 216 g/mol. The minimum absolute atomic E-state index is 0.470. The van der Waals surface area contributed by atoms with E-state index in [4.69, 9.17) is 10.5 Å². The molecule has 0 unspecified atom stereocenters. The number of hydrogen-bond acceptors (Lipinski definition) is 5. The highest BCUT2D eigenvalue weighted by atomic mass is 16.5. The summed E-state index contributed by atoms with van der Waals surface area (Å²) in [4.78, 5) is 8.46. The maximum Gasteiger partial charge on any atom is 0.242 e. The van der Waals surface area contributed by atoms with Crippen LogP contribution in [0.15, 0.2) is 0 Å². The van der Waals surface area contributed by atoms with Crippen LogP contribution in [0.5, 0.6) is 5.88 Å². The third-order valence-electron chi connectivity index (χ3n) is 2.38. The zero-order valence-electron chi connectivity index (χ0n) is 10.9.